The molecule has 0 aliphatic carbocycles. The van der Waals surface area contributed by atoms with Crippen molar-refractivity contribution >= 4 is 12.1 Å². The Bertz CT molecular complexity index is 646. The van der Waals surface area contributed by atoms with Crippen LogP contribution >= 0.6 is 0 Å². The summed E-state index contributed by atoms with van der Waals surface area (Å²) < 4.78 is 48.7. The summed E-state index contributed by atoms with van der Waals surface area (Å²) in [6.07, 6.45) is 8.42. The van der Waals surface area contributed by atoms with Gasteiger partial charge in [0.1, 0.15) is 12.2 Å². The fourth-order valence-corrected chi connectivity index (χ4v) is 3.57. The SMILES string of the molecule is CCCCCCCCCC(=O)OCCOCCOCCOCCOCCOCCOCCOCCN(C)C(=O)OC(C)(C)C. The summed E-state index contributed by atoms with van der Waals surface area (Å²) >= 11 is 0. The van der Waals surface area contributed by atoms with E-state index in [9.17, 15) is 9.59 Å². The minimum Gasteiger partial charge on any atom is -0.463 e. The number of hydrogen-bond donors (Lipinski definition) is 0. The van der Waals surface area contributed by atoms with Gasteiger partial charge in [0.05, 0.1) is 92.5 Å². The molecule has 0 saturated heterocycles. The molecule has 0 aliphatic rings. The van der Waals surface area contributed by atoms with Gasteiger partial charge in [0.25, 0.3) is 0 Å². The molecule has 0 saturated carbocycles. The zero-order valence-corrected chi connectivity index (χ0v) is 28.4. The van der Waals surface area contributed by atoms with Crippen LogP contribution in [-0.4, -0.2) is 135 Å². The summed E-state index contributed by atoms with van der Waals surface area (Å²) in [5.74, 6) is -0.143. The molecule has 44 heavy (non-hydrogen) atoms. The van der Waals surface area contributed by atoms with Crippen LogP contribution in [0.5, 0.6) is 0 Å². The third kappa shape index (κ3) is 33.4. The first-order chi connectivity index (χ1) is 21.3. The molecule has 0 spiro atoms. The molecule has 0 aliphatic heterocycles. The average molecular weight is 638 g/mol. The van der Waals surface area contributed by atoms with Crippen LogP contribution in [0.15, 0.2) is 0 Å². The highest BCUT2D eigenvalue weighted by Gasteiger charge is 2.19. The highest BCUT2D eigenvalue weighted by molar-refractivity contribution is 5.69. The van der Waals surface area contributed by atoms with E-state index in [1.54, 1.807) is 7.05 Å². The first-order valence-corrected chi connectivity index (χ1v) is 16.4. The van der Waals surface area contributed by atoms with E-state index in [0.717, 1.165) is 12.8 Å². The molecule has 0 rings (SSSR count). The normalized spacial score (nSPS) is 11.6. The fourth-order valence-electron chi connectivity index (χ4n) is 3.57. The maximum Gasteiger partial charge on any atom is 0.410 e. The number of hydrogen-bond acceptors (Lipinski definition) is 11. The summed E-state index contributed by atoms with van der Waals surface area (Å²) in [6, 6.07) is 0. The summed E-state index contributed by atoms with van der Waals surface area (Å²) in [4.78, 5) is 25.0. The second-order valence-corrected chi connectivity index (χ2v) is 11.3. The number of carbonyl (C=O) groups excluding carboxylic acids is 2. The number of nitrogens with zero attached hydrogens (tertiary/aromatic N) is 1. The maximum atomic E-state index is 11.8. The number of carbonyl (C=O) groups is 2. The molecule has 12 heteroatoms. The van der Waals surface area contributed by atoms with Gasteiger partial charge in [0.2, 0.25) is 0 Å². The van der Waals surface area contributed by atoms with Gasteiger partial charge >= 0.3 is 12.1 Å². The Kier molecular flexibility index (Phi) is 30.3. The Morgan fingerprint density at radius 3 is 1.30 bits per heavy atom. The van der Waals surface area contributed by atoms with Crippen LogP contribution in [0.1, 0.15) is 79.1 Å². The fraction of sp³-hybridized carbons (Fsp3) is 0.938. The van der Waals surface area contributed by atoms with Crippen molar-refractivity contribution in [3.8, 4) is 0 Å². The van der Waals surface area contributed by atoms with Gasteiger partial charge in [-0.25, -0.2) is 4.79 Å². The molecule has 0 atom stereocenters. The smallest absolute Gasteiger partial charge is 0.410 e. The Balaban J connectivity index is 3.21. The lowest BCUT2D eigenvalue weighted by Crippen LogP contribution is -2.36. The number of unbranched alkanes of at least 4 members (excludes halogenated alkanes) is 6. The number of amides is 1. The number of rotatable bonds is 32. The molecule has 262 valence electrons. The molecular formula is C32H63NO11. The van der Waals surface area contributed by atoms with Gasteiger partial charge in [0.15, 0.2) is 0 Å². The van der Waals surface area contributed by atoms with Gasteiger partial charge in [-0.05, 0) is 27.2 Å². The largest absolute Gasteiger partial charge is 0.463 e. The topological polar surface area (TPSA) is 120 Å². The Morgan fingerprint density at radius 2 is 0.886 bits per heavy atom. The van der Waals surface area contributed by atoms with Crippen molar-refractivity contribution < 1.29 is 52.2 Å². The van der Waals surface area contributed by atoms with Crippen molar-refractivity contribution in [3.05, 3.63) is 0 Å². The molecule has 0 radical (unpaired) electrons. The maximum absolute atomic E-state index is 11.8. The highest BCUT2D eigenvalue weighted by atomic mass is 16.6. The van der Waals surface area contributed by atoms with E-state index in [-0.39, 0.29) is 18.7 Å². The Labute approximate surface area is 266 Å². The van der Waals surface area contributed by atoms with Gasteiger partial charge in [0, 0.05) is 20.0 Å². The van der Waals surface area contributed by atoms with E-state index in [1.807, 2.05) is 20.8 Å². The summed E-state index contributed by atoms with van der Waals surface area (Å²) in [5, 5.41) is 0. The molecule has 0 heterocycles. The summed E-state index contributed by atoms with van der Waals surface area (Å²) in [7, 11) is 1.68. The van der Waals surface area contributed by atoms with Crippen LogP contribution in [0.4, 0.5) is 4.79 Å². The molecule has 12 nitrogen and oxygen atoms in total. The second kappa shape index (κ2) is 31.4. The van der Waals surface area contributed by atoms with Gasteiger partial charge in [-0.15, -0.1) is 0 Å². The third-order valence-corrected chi connectivity index (χ3v) is 5.98. The molecule has 1 amide bonds. The minimum atomic E-state index is -0.509. The van der Waals surface area contributed by atoms with Crippen LogP contribution in [0.3, 0.4) is 0 Å². The van der Waals surface area contributed by atoms with Crippen molar-refractivity contribution in [3.63, 3.8) is 0 Å². The molecule has 0 aromatic heterocycles. The zero-order valence-electron chi connectivity index (χ0n) is 28.4. The van der Waals surface area contributed by atoms with Crippen LogP contribution in [0.25, 0.3) is 0 Å². The van der Waals surface area contributed by atoms with Gasteiger partial charge in [-0.2, -0.15) is 0 Å². The lowest BCUT2D eigenvalue weighted by Gasteiger charge is -2.24. The lowest BCUT2D eigenvalue weighted by molar-refractivity contribution is -0.145. The van der Waals surface area contributed by atoms with Crippen LogP contribution in [0, 0.1) is 0 Å². The average Bonchev–Trinajstić information content (AvgIpc) is 2.97. The van der Waals surface area contributed by atoms with Crippen molar-refractivity contribution in [1.82, 2.24) is 4.90 Å². The third-order valence-electron chi connectivity index (χ3n) is 5.98. The van der Waals surface area contributed by atoms with E-state index < -0.39 is 5.60 Å². The molecule has 0 bridgehead atoms. The predicted octanol–water partition coefficient (Wildman–Crippen LogP) is 4.65. The molecule has 0 fully saturated rings. The van der Waals surface area contributed by atoms with E-state index >= 15 is 0 Å². The minimum absolute atomic E-state index is 0.143. The van der Waals surface area contributed by atoms with Gasteiger partial charge < -0.3 is 47.5 Å². The first kappa shape index (κ1) is 42.5. The predicted molar refractivity (Wildman–Crippen MR) is 168 cm³/mol. The molecular weight excluding hydrogens is 574 g/mol. The van der Waals surface area contributed by atoms with Gasteiger partial charge in [-0.3, -0.25) is 4.79 Å². The van der Waals surface area contributed by atoms with E-state index in [2.05, 4.69) is 6.92 Å². The second-order valence-electron chi connectivity index (χ2n) is 11.3. The summed E-state index contributed by atoms with van der Waals surface area (Å²) in [5.41, 5.74) is -0.509. The lowest BCUT2D eigenvalue weighted by atomic mass is 10.1. The Hall–Kier alpha value is -1.54. The first-order valence-electron chi connectivity index (χ1n) is 16.4. The van der Waals surface area contributed by atoms with Crippen molar-refractivity contribution in [2.45, 2.75) is 84.7 Å². The number of esters is 1. The number of likely N-dealkylation sites (N-methyl/N-ethyl adjacent to an activating group) is 1. The number of ether oxygens (including phenoxy) is 9. The quantitative estimate of drug-likeness (QED) is 0.0757. The van der Waals surface area contributed by atoms with E-state index in [1.165, 1.54) is 37.0 Å². The molecule has 0 N–H and O–H groups in total. The van der Waals surface area contributed by atoms with E-state index in [4.69, 9.17) is 42.6 Å². The van der Waals surface area contributed by atoms with Gasteiger partial charge in [-0.1, -0.05) is 45.4 Å². The molecule has 0 aromatic rings. The summed E-state index contributed by atoms with van der Waals surface area (Å²) in [6.45, 7) is 14.9. The van der Waals surface area contributed by atoms with Crippen molar-refractivity contribution in [2.24, 2.45) is 0 Å². The zero-order chi connectivity index (χ0) is 32.6. The van der Waals surface area contributed by atoms with Crippen LogP contribution in [0.2, 0.25) is 0 Å². The molecule has 0 aromatic carbocycles. The Morgan fingerprint density at radius 1 is 0.523 bits per heavy atom. The van der Waals surface area contributed by atoms with Crippen LogP contribution < -0.4 is 0 Å². The van der Waals surface area contributed by atoms with E-state index in [0.29, 0.717) is 105 Å². The van der Waals surface area contributed by atoms with Crippen molar-refractivity contribution in [1.29, 1.82) is 0 Å². The molecule has 0 unspecified atom stereocenters. The van der Waals surface area contributed by atoms with Crippen molar-refractivity contribution in [2.75, 3.05) is 113 Å². The standard InChI is InChI=1S/C32H63NO11/c1-6-7-8-9-10-11-12-13-30(34)43-29-28-42-27-26-41-25-24-40-23-22-39-21-20-38-19-18-37-17-16-36-15-14-33(5)31(35)44-32(2,3)4/h6-29H2,1-5H3. The monoisotopic (exact) mass is 637 g/mol. The van der Waals surface area contributed by atoms with Crippen LogP contribution in [-0.2, 0) is 47.4 Å². The highest BCUT2D eigenvalue weighted by Crippen LogP contribution is 2.09.